The zero-order chi connectivity index (χ0) is 14.5. The molecule has 1 aromatic rings. The Morgan fingerprint density at radius 1 is 1.47 bits per heavy atom. The Kier molecular flexibility index (Phi) is 5.67. The van der Waals surface area contributed by atoms with Crippen molar-refractivity contribution >= 4 is 33.1 Å². The lowest BCUT2D eigenvalue weighted by Crippen LogP contribution is -2.40. The van der Waals surface area contributed by atoms with Crippen molar-refractivity contribution in [1.82, 2.24) is 4.72 Å². The molecule has 0 bridgehead atoms. The summed E-state index contributed by atoms with van der Waals surface area (Å²) >= 11 is 4.91. The fraction of sp³-hybridized carbons (Fsp3) is 0.364. The van der Waals surface area contributed by atoms with Crippen LogP contribution in [-0.2, 0) is 14.9 Å². The maximum atomic E-state index is 12.1. The Morgan fingerprint density at radius 2 is 2.11 bits per heavy atom. The van der Waals surface area contributed by atoms with Crippen molar-refractivity contribution in [2.45, 2.75) is 0 Å². The number of para-hydroxylation sites is 1. The maximum Gasteiger partial charge on any atom is 0.301 e. The summed E-state index contributed by atoms with van der Waals surface area (Å²) in [7, 11) is -0.717. The molecule has 0 fully saturated rings. The largest absolute Gasteiger partial charge is 0.389 e. The van der Waals surface area contributed by atoms with Gasteiger partial charge in [-0.05, 0) is 12.1 Å². The normalized spacial score (nSPS) is 11.3. The van der Waals surface area contributed by atoms with E-state index in [-0.39, 0.29) is 11.5 Å². The van der Waals surface area contributed by atoms with Crippen LogP contribution in [0.1, 0.15) is 5.56 Å². The van der Waals surface area contributed by atoms with Gasteiger partial charge in [-0.15, -0.1) is 0 Å². The molecule has 0 saturated carbocycles. The van der Waals surface area contributed by atoms with Crippen LogP contribution in [0.3, 0.4) is 0 Å². The van der Waals surface area contributed by atoms with Crippen molar-refractivity contribution in [2.75, 3.05) is 31.6 Å². The smallest absolute Gasteiger partial charge is 0.301 e. The van der Waals surface area contributed by atoms with Crippen LogP contribution in [-0.4, -0.2) is 40.7 Å². The molecule has 3 N–H and O–H groups in total. The van der Waals surface area contributed by atoms with Crippen molar-refractivity contribution in [3.8, 4) is 0 Å². The number of hydrogen-bond acceptors (Lipinski definition) is 4. The number of nitrogens with one attached hydrogen (secondary N) is 1. The van der Waals surface area contributed by atoms with Gasteiger partial charge >= 0.3 is 10.2 Å². The van der Waals surface area contributed by atoms with E-state index in [4.69, 9.17) is 22.7 Å². The molecule has 0 unspecified atom stereocenters. The predicted octanol–water partition coefficient (Wildman–Crippen LogP) is 0.238. The van der Waals surface area contributed by atoms with Crippen molar-refractivity contribution in [1.29, 1.82) is 0 Å². The molecule has 0 amide bonds. The number of ether oxygens (including phenoxy) is 1. The van der Waals surface area contributed by atoms with Crippen molar-refractivity contribution in [3.63, 3.8) is 0 Å². The van der Waals surface area contributed by atoms with Gasteiger partial charge in [0, 0.05) is 26.3 Å². The van der Waals surface area contributed by atoms with Gasteiger partial charge in [0.05, 0.1) is 12.3 Å². The van der Waals surface area contributed by atoms with Crippen LogP contribution in [0.5, 0.6) is 0 Å². The average molecular weight is 303 g/mol. The Hall–Kier alpha value is -1.22. The highest BCUT2D eigenvalue weighted by molar-refractivity contribution is 7.90. The van der Waals surface area contributed by atoms with E-state index >= 15 is 0 Å². The van der Waals surface area contributed by atoms with Crippen LogP contribution in [0.4, 0.5) is 5.69 Å². The summed E-state index contributed by atoms with van der Waals surface area (Å²) in [6, 6.07) is 6.79. The van der Waals surface area contributed by atoms with E-state index in [0.717, 1.165) is 4.31 Å². The van der Waals surface area contributed by atoms with Crippen LogP contribution in [0.2, 0.25) is 0 Å². The van der Waals surface area contributed by atoms with Gasteiger partial charge in [-0.25, -0.2) is 0 Å². The molecule has 0 atom stereocenters. The van der Waals surface area contributed by atoms with Gasteiger partial charge in [0.15, 0.2) is 0 Å². The van der Waals surface area contributed by atoms with Crippen molar-refractivity contribution in [2.24, 2.45) is 5.73 Å². The Balaban J connectivity index is 2.99. The second-order valence-electron chi connectivity index (χ2n) is 3.74. The molecule has 0 spiro atoms. The average Bonchev–Trinajstić information content (AvgIpc) is 2.38. The van der Waals surface area contributed by atoms with Crippen molar-refractivity contribution < 1.29 is 13.2 Å². The minimum absolute atomic E-state index is 0.148. The van der Waals surface area contributed by atoms with Crippen LogP contribution in [0, 0.1) is 0 Å². The first-order valence-corrected chi connectivity index (χ1v) is 7.36. The molecule has 0 aromatic heterocycles. The van der Waals surface area contributed by atoms with Gasteiger partial charge < -0.3 is 10.5 Å². The molecular formula is C11H17N3O3S2. The third kappa shape index (κ3) is 4.13. The SMILES string of the molecule is COCCNS(=O)(=O)N(C)c1ccccc1C(N)=S. The topological polar surface area (TPSA) is 84.7 Å². The summed E-state index contributed by atoms with van der Waals surface area (Å²) in [5.74, 6) is 0. The quantitative estimate of drug-likeness (QED) is 0.557. The lowest BCUT2D eigenvalue weighted by atomic mass is 10.2. The summed E-state index contributed by atoms with van der Waals surface area (Å²) < 4.78 is 32.4. The molecule has 0 saturated heterocycles. The minimum Gasteiger partial charge on any atom is -0.389 e. The number of methoxy groups -OCH3 is 1. The fourth-order valence-corrected chi connectivity index (χ4v) is 2.58. The predicted molar refractivity (Wildman–Crippen MR) is 79.5 cm³/mol. The lowest BCUT2D eigenvalue weighted by molar-refractivity contribution is 0.204. The third-order valence-corrected chi connectivity index (χ3v) is 4.17. The van der Waals surface area contributed by atoms with Crippen LogP contribution in [0.25, 0.3) is 0 Å². The van der Waals surface area contributed by atoms with E-state index in [9.17, 15) is 8.42 Å². The Bertz CT molecular complexity index is 546. The molecule has 1 rings (SSSR count). The van der Waals surface area contributed by atoms with Crippen molar-refractivity contribution in [3.05, 3.63) is 29.8 Å². The number of benzene rings is 1. The molecule has 106 valence electrons. The first-order valence-electron chi connectivity index (χ1n) is 5.51. The lowest BCUT2D eigenvalue weighted by Gasteiger charge is -2.22. The Labute approximate surface area is 118 Å². The molecule has 0 heterocycles. The van der Waals surface area contributed by atoms with Crippen LogP contribution in [0.15, 0.2) is 24.3 Å². The maximum absolute atomic E-state index is 12.1. The molecule has 8 heteroatoms. The molecule has 0 radical (unpaired) electrons. The molecule has 0 aliphatic rings. The highest BCUT2D eigenvalue weighted by Gasteiger charge is 2.20. The second kappa shape index (κ2) is 6.80. The summed E-state index contributed by atoms with van der Waals surface area (Å²) in [6.45, 7) is 0.489. The number of hydrogen-bond donors (Lipinski definition) is 2. The standard InChI is InChI=1S/C11H17N3O3S2/c1-14(19(15,16)13-7-8-17-2)10-6-4-3-5-9(10)11(12)18/h3-6,13H,7-8H2,1-2H3,(H2,12,18). The van der Waals surface area contributed by atoms with E-state index in [2.05, 4.69) is 4.72 Å². The van der Waals surface area contributed by atoms with E-state index in [0.29, 0.717) is 17.9 Å². The zero-order valence-electron chi connectivity index (χ0n) is 10.8. The van der Waals surface area contributed by atoms with Crippen LogP contribution < -0.4 is 14.8 Å². The minimum atomic E-state index is -3.65. The van der Waals surface area contributed by atoms with E-state index < -0.39 is 10.2 Å². The molecule has 1 aromatic carbocycles. The number of thiocarbonyl (C=S) groups is 1. The fourth-order valence-electron chi connectivity index (χ4n) is 1.46. The van der Waals surface area contributed by atoms with Gasteiger partial charge in [-0.1, -0.05) is 24.4 Å². The van der Waals surface area contributed by atoms with Gasteiger partial charge in [0.25, 0.3) is 0 Å². The summed E-state index contributed by atoms with van der Waals surface area (Å²) in [6.07, 6.45) is 0. The molecule has 0 aliphatic carbocycles. The molecule has 6 nitrogen and oxygen atoms in total. The van der Waals surface area contributed by atoms with Crippen LogP contribution >= 0.6 is 12.2 Å². The monoisotopic (exact) mass is 303 g/mol. The van der Waals surface area contributed by atoms with Gasteiger partial charge in [-0.3, -0.25) is 4.31 Å². The number of nitrogens with two attached hydrogens (primary N) is 1. The second-order valence-corrected chi connectivity index (χ2v) is 5.97. The Morgan fingerprint density at radius 3 is 2.68 bits per heavy atom. The van der Waals surface area contributed by atoms with E-state index in [1.165, 1.54) is 14.2 Å². The molecule has 19 heavy (non-hydrogen) atoms. The number of anilines is 1. The van der Waals surface area contributed by atoms with E-state index in [1.54, 1.807) is 24.3 Å². The summed E-state index contributed by atoms with van der Waals surface area (Å²) in [4.78, 5) is 0.148. The third-order valence-electron chi connectivity index (χ3n) is 2.46. The van der Waals surface area contributed by atoms with Gasteiger partial charge in [-0.2, -0.15) is 13.1 Å². The molecular weight excluding hydrogens is 286 g/mol. The summed E-state index contributed by atoms with van der Waals surface area (Å²) in [5.41, 5.74) is 6.53. The number of rotatable bonds is 7. The van der Waals surface area contributed by atoms with Gasteiger partial charge in [0.1, 0.15) is 4.99 Å². The van der Waals surface area contributed by atoms with E-state index in [1.807, 2.05) is 0 Å². The highest BCUT2D eigenvalue weighted by atomic mass is 32.2. The summed E-state index contributed by atoms with van der Waals surface area (Å²) in [5, 5.41) is 0. The molecule has 0 aliphatic heterocycles. The number of nitrogens with zero attached hydrogens (tertiary/aromatic N) is 1. The highest BCUT2D eigenvalue weighted by Crippen LogP contribution is 2.20. The first-order chi connectivity index (χ1) is 8.90. The first kappa shape index (κ1) is 15.8. The zero-order valence-corrected chi connectivity index (χ0v) is 12.4. The van der Waals surface area contributed by atoms with Gasteiger partial charge in [0.2, 0.25) is 0 Å².